The van der Waals surface area contributed by atoms with E-state index >= 15 is 0 Å². The van der Waals surface area contributed by atoms with Crippen LogP contribution in [0.25, 0.3) is 0 Å². The van der Waals surface area contributed by atoms with Crippen LogP contribution in [0.3, 0.4) is 0 Å². The minimum absolute atomic E-state index is 0.154. The van der Waals surface area contributed by atoms with Crippen LogP contribution in [0.4, 0.5) is 0 Å². The van der Waals surface area contributed by atoms with Crippen LogP contribution in [0.5, 0.6) is 0 Å². The minimum Gasteiger partial charge on any atom is -0.394 e. The van der Waals surface area contributed by atoms with Crippen LogP contribution in [0.2, 0.25) is 0 Å². The van der Waals surface area contributed by atoms with Gasteiger partial charge in [-0.2, -0.15) is 0 Å². The molecule has 23 heavy (non-hydrogen) atoms. The molecule has 7 heteroatoms. The largest absolute Gasteiger partial charge is 0.394 e. The van der Waals surface area contributed by atoms with Crippen molar-refractivity contribution in [3.63, 3.8) is 0 Å². The molecule has 0 spiro atoms. The molecule has 0 bridgehead atoms. The molecule has 0 rings (SSSR count). The molecule has 0 aromatic heterocycles. The summed E-state index contributed by atoms with van der Waals surface area (Å²) in [7, 11) is 0. The maximum atomic E-state index is 9.82. The monoisotopic (exact) mass is 338 g/mol. The lowest BCUT2D eigenvalue weighted by Crippen LogP contribution is -2.34. The Balaban J connectivity index is 4.83. The van der Waals surface area contributed by atoms with Crippen LogP contribution in [-0.2, 0) is 4.74 Å². The van der Waals surface area contributed by atoms with Gasteiger partial charge in [0.05, 0.1) is 49.8 Å². The third-order valence-electron chi connectivity index (χ3n) is 3.89. The predicted molar refractivity (Wildman–Crippen MR) is 85.9 cm³/mol. The van der Waals surface area contributed by atoms with Crippen molar-refractivity contribution in [2.24, 2.45) is 0 Å². The summed E-state index contributed by atoms with van der Waals surface area (Å²) >= 11 is 0. The third-order valence-corrected chi connectivity index (χ3v) is 3.89. The van der Waals surface area contributed by atoms with E-state index in [1.165, 1.54) is 0 Å². The Morgan fingerprint density at radius 3 is 1.17 bits per heavy atom. The Morgan fingerprint density at radius 1 is 0.609 bits per heavy atom. The normalized spacial score (nSPS) is 19.8. The second-order valence-electron chi connectivity index (χ2n) is 6.12. The van der Waals surface area contributed by atoms with E-state index in [0.29, 0.717) is 25.7 Å². The molecule has 140 valence electrons. The van der Waals surface area contributed by atoms with Gasteiger partial charge in [-0.1, -0.05) is 13.8 Å². The third kappa shape index (κ3) is 11.0. The van der Waals surface area contributed by atoms with Gasteiger partial charge in [-0.25, -0.2) is 0 Å². The second-order valence-corrected chi connectivity index (χ2v) is 6.12. The summed E-state index contributed by atoms with van der Waals surface area (Å²) in [6.45, 7) is 2.86. The molecule has 0 saturated carbocycles. The summed E-state index contributed by atoms with van der Waals surface area (Å²) in [6.07, 6.45) is -2.14. The Morgan fingerprint density at radius 2 is 0.913 bits per heavy atom. The number of aliphatic hydroxyl groups excluding tert-OH is 6. The summed E-state index contributed by atoms with van der Waals surface area (Å²) in [6, 6.07) is 0. The van der Waals surface area contributed by atoms with E-state index in [0.717, 1.165) is 0 Å². The van der Waals surface area contributed by atoms with E-state index in [-0.39, 0.29) is 12.8 Å². The molecule has 0 aromatic carbocycles. The van der Waals surface area contributed by atoms with Crippen molar-refractivity contribution in [2.45, 2.75) is 89.0 Å². The molecule has 0 aliphatic rings. The van der Waals surface area contributed by atoms with Gasteiger partial charge in [0.1, 0.15) is 0 Å². The minimum atomic E-state index is -0.955. The first-order chi connectivity index (χ1) is 10.9. The molecule has 0 heterocycles. The van der Waals surface area contributed by atoms with Crippen LogP contribution < -0.4 is 0 Å². The molecule has 7 nitrogen and oxygen atoms in total. The lowest BCUT2D eigenvalue weighted by molar-refractivity contribution is -0.0915. The molecule has 0 saturated heterocycles. The van der Waals surface area contributed by atoms with Gasteiger partial charge in [0, 0.05) is 12.8 Å². The summed E-state index contributed by atoms with van der Waals surface area (Å²) in [5.74, 6) is 0. The van der Waals surface area contributed by atoms with Gasteiger partial charge in [-0.15, -0.1) is 0 Å². The first-order valence-corrected chi connectivity index (χ1v) is 8.45. The summed E-state index contributed by atoms with van der Waals surface area (Å²) in [5, 5.41) is 56.9. The van der Waals surface area contributed by atoms with Crippen LogP contribution in [0.15, 0.2) is 0 Å². The van der Waals surface area contributed by atoms with E-state index in [1.807, 2.05) is 13.8 Å². The van der Waals surface area contributed by atoms with Crippen molar-refractivity contribution >= 4 is 0 Å². The summed E-state index contributed by atoms with van der Waals surface area (Å²) in [5.41, 5.74) is 0. The molecule has 6 unspecified atom stereocenters. The first kappa shape index (κ1) is 22.7. The smallest absolute Gasteiger partial charge is 0.0795 e. The fourth-order valence-electron chi connectivity index (χ4n) is 2.38. The van der Waals surface area contributed by atoms with E-state index in [2.05, 4.69) is 0 Å². The number of rotatable bonds is 14. The quantitative estimate of drug-likeness (QED) is 0.253. The van der Waals surface area contributed by atoms with Crippen molar-refractivity contribution in [3.05, 3.63) is 0 Å². The molecular formula is C16H34O7. The lowest BCUT2D eigenvalue weighted by Gasteiger charge is -2.29. The van der Waals surface area contributed by atoms with Crippen molar-refractivity contribution in [2.75, 3.05) is 13.2 Å². The summed E-state index contributed by atoms with van der Waals surface area (Å²) in [4.78, 5) is 0. The van der Waals surface area contributed by atoms with E-state index in [1.54, 1.807) is 0 Å². The zero-order chi connectivity index (χ0) is 17.8. The van der Waals surface area contributed by atoms with Crippen LogP contribution >= 0.6 is 0 Å². The lowest BCUT2D eigenvalue weighted by atomic mass is 10.0. The summed E-state index contributed by atoms with van der Waals surface area (Å²) < 4.78 is 5.88. The molecule has 6 N–H and O–H groups in total. The highest BCUT2D eigenvalue weighted by atomic mass is 16.5. The van der Waals surface area contributed by atoms with Crippen molar-refractivity contribution in [1.29, 1.82) is 0 Å². The molecule has 0 amide bonds. The SMILES string of the molecule is CCC(O)CC(CC(O)CO)OC(CC(O)CC)CC(O)CO. The molecular weight excluding hydrogens is 304 g/mol. The highest BCUT2D eigenvalue weighted by Crippen LogP contribution is 2.20. The Bertz CT molecular complexity index is 227. The Kier molecular flexibility index (Phi) is 12.9. The number of ether oxygens (including phenoxy) is 1. The van der Waals surface area contributed by atoms with Crippen LogP contribution in [-0.4, -0.2) is 80.5 Å². The zero-order valence-corrected chi connectivity index (χ0v) is 14.2. The fourth-order valence-corrected chi connectivity index (χ4v) is 2.38. The maximum absolute atomic E-state index is 9.82. The molecule has 6 atom stereocenters. The Labute approximate surface area is 138 Å². The number of hydrogen-bond donors (Lipinski definition) is 6. The van der Waals surface area contributed by atoms with Gasteiger partial charge < -0.3 is 35.4 Å². The highest BCUT2D eigenvalue weighted by molar-refractivity contribution is 4.75. The van der Waals surface area contributed by atoms with Gasteiger partial charge in [-0.05, 0) is 25.7 Å². The van der Waals surface area contributed by atoms with Gasteiger partial charge in [0.25, 0.3) is 0 Å². The van der Waals surface area contributed by atoms with Crippen LogP contribution in [0, 0.1) is 0 Å². The average molecular weight is 338 g/mol. The van der Waals surface area contributed by atoms with Gasteiger partial charge in [-0.3, -0.25) is 0 Å². The molecule has 0 aliphatic carbocycles. The fraction of sp³-hybridized carbons (Fsp3) is 1.00. The molecule has 0 radical (unpaired) electrons. The van der Waals surface area contributed by atoms with Crippen molar-refractivity contribution < 1.29 is 35.4 Å². The molecule has 0 aliphatic heterocycles. The number of hydrogen-bond acceptors (Lipinski definition) is 7. The maximum Gasteiger partial charge on any atom is 0.0795 e. The molecule has 0 fully saturated rings. The second kappa shape index (κ2) is 13.1. The average Bonchev–Trinajstić information content (AvgIpc) is 2.53. The first-order valence-electron chi connectivity index (χ1n) is 8.45. The predicted octanol–water partition coefficient (Wildman–Crippen LogP) is -0.451. The molecule has 0 aromatic rings. The van der Waals surface area contributed by atoms with Gasteiger partial charge >= 0.3 is 0 Å². The Hall–Kier alpha value is -0.280. The van der Waals surface area contributed by atoms with E-state index in [4.69, 9.17) is 14.9 Å². The van der Waals surface area contributed by atoms with Crippen molar-refractivity contribution in [3.8, 4) is 0 Å². The number of aliphatic hydroxyl groups is 6. The highest BCUT2D eigenvalue weighted by Gasteiger charge is 2.25. The van der Waals surface area contributed by atoms with Crippen LogP contribution in [0.1, 0.15) is 52.4 Å². The van der Waals surface area contributed by atoms with E-state index < -0.39 is 49.8 Å². The van der Waals surface area contributed by atoms with Gasteiger partial charge in [0.15, 0.2) is 0 Å². The van der Waals surface area contributed by atoms with Crippen molar-refractivity contribution in [1.82, 2.24) is 0 Å². The standard InChI is InChI=1S/C16H34O7/c1-3-11(19)5-15(7-13(21)9-17)23-16(6-12(20)4-2)8-14(22)10-18/h11-22H,3-10H2,1-2H3. The topological polar surface area (TPSA) is 131 Å². The zero-order valence-electron chi connectivity index (χ0n) is 14.2. The van der Waals surface area contributed by atoms with Gasteiger partial charge in [0.2, 0.25) is 0 Å². The van der Waals surface area contributed by atoms with E-state index in [9.17, 15) is 20.4 Å².